The van der Waals surface area contributed by atoms with Crippen molar-refractivity contribution in [3.8, 4) is 0 Å². The molecular formula is C15H27NO2. The molecule has 0 spiro atoms. The van der Waals surface area contributed by atoms with Gasteiger partial charge in [-0.05, 0) is 39.0 Å². The first-order chi connectivity index (χ1) is 8.54. The first-order valence-electron chi connectivity index (χ1n) is 7.09. The Balaban J connectivity index is 2.36. The summed E-state index contributed by atoms with van der Waals surface area (Å²) in [6.07, 6.45) is 6.12. The number of nitrogens with zero attached hydrogens (tertiary/aromatic N) is 1. The average Bonchev–Trinajstić information content (AvgIpc) is 2.75. The summed E-state index contributed by atoms with van der Waals surface area (Å²) in [5.41, 5.74) is 1.38. The number of amides is 1. The van der Waals surface area contributed by atoms with Crippen LogP contribution < -0.4 is 0 Å². The Hall–Kier alpha value is -0.830. The molecule has 1 fully saturated rings. The first kappa shape index (κ1) is 15.2. The van der Waals surface area contributed by atoms with Crippen LogP contribution in [-0.4, -0.2) is 30.2 Å². The molecule has 1 aliphatic rings. The van der Waals surface area contributed by atoms with Gasteiger partial charge in [-0.15, -0.1) is 0 Å². The van der Waals surface area contributed by atoms with Crippen molar-refractivity contribution in [1.82, 2.24) is 4.90 Å². The summed E-state index contributed by atoms with van der Waals surface area (Å²) in [6.45, 7) is 9.87. The van der Waals surface area contributed by atoms with Crippen molar-refractivity contribution >= 4 is 5.91 Å². The summed E-state index contributed by atoms with van der Waals surface area (Å²) < 4.78 is 5.68. The Morgan fingerprint density at radius 2 is 2.22 bits per heavy atom. The fraction of sp³-hybridized carbons (Fsp3) is 0.800. The maximum Gasteiger partial charge on any atom is 0.224 e. The van der Waals surface area contributed by atoms with Crippen molar-refractivity contribution in [3.63, 3.8) is 0 Å². The second-order valence-electron chi connectivity index (χ2n) is 5.47. The second-order valence-corrected chi connectivity index (χ2v) is 5.47. The fourth-order valence-corrected chi connectivity index (χ4v) is 2.32. The Kier molecular flexibility index (Phi) is 6.41. The third kappa shape index (κ3) is 4.81. The minimum Gasteiger partial charge on any atom is -0.356 e. The van der Waals surface area contributed by atoms with Gasteiger partial charge in [0.2, 0.25) is 5.91 Å². The SMILES string of the molecule is CCC(=O)N1CCO[C@@H]1C[C@H](C)CCC=C(C)C. The smallest absolute Gasteiger partial charge is 0.224 e. The van der Waals surface area contributed by atoms with Gasteiger partial charge >= 0.3 is 0 Å². The van der Waals surface area contributed by atoms with Crippen LogP contribution in [0.15, 0.2) is 11.6 Å². The first-order valence-corrected chi connectivity index (χ1v) is 7.09. The lowest BCUT2D eigenvalue weighted by atomic mass is 9.99. The highest BCUT2D eigenvalue weighted by atomic mass is 16.5. The summed E-state index contributed by atoms with van der Waals surface area (Å²) >= 11 is 0. The van der Waals surface area contributed by atoms with Gasteiger partial charge in [0.15, 0.2) is 0 Å². The zero-order valence-electron chi connectivity index (χ0n) is 12.2. The topological polar surface area (TPSA) is 29.5 Å². The van der Waals surface area contributed by atoms with Crippen LogP contribution in [0.4, 0.5) is 0 Å². The van der Waals surface area contributed by atoms with Crippen LogP contribution in [0.5, 0.6) is 0 Å². The number of carbonyl (C=O) groups is 1. The quantitative estimate of drug-likeness (QED) is 0.679. The van der Waals surface area contributed by atoms with Crippen molar-refractivity contribution in [2.75, 3.05) is 13.2 Å². The van der Waals surface area contributed by atoms with Gasteiger partial charge in [0.05, 0.1) is 6.61 Å². The molecule has 0 saturated carbocycles. The molecule has 0 aromatic rings. The van der Waals surface area contributed by atoms with E-state index in [-0.39, 0.29) is 12.1 Å². The summed E-state index contributed by atoms with van der Waals surface area (Å²) in [5.74, 6) is 0.810. The minimum atomic E-state index is 0.0131. The minimum absolute atomic E-state index is 0.0131. The zero-order valence-corrected chi connectivity index (χ0v) is 12.2. The second kappa shape index (κ2) is 7.57. The molecule has 1 saturated heterocycles. The van der Waals surface area contributed by atoms with Crippen molar-refractivity contribution < 1.29 is 9.53 Å². The van der Waals surface area contributed by atoms with Gasteiger partial charge in [0.25, 0.3) is 0 Å². The summed E-state index contributed by atoms with van der Waals surface area (Å²) in [6, 6.07) is 0. The molecule has 1 amide bonds. The number of allylic oxidation sites excluding steroid dienone is 2. The molecule has 0 bridgehead atoms. The Morgan fingerprint density at radius 1 is 1.50 bits per heavy atom. The molecule has 1 heterocycles. The molecule has 0 radical (unpaired) electrons. The van der Waals surface area contributed by atoms with Crippen LogP contribution in [-0.2, 0) is 9.53 Å². The van der Waals surface area contributed by atoms with Crippen LogP contribution >= 0.6 is 0 Å². The van der Waals surface area contributed by atoms with E-state index in [1.807, 2.05) is 11.8 Å². The van der Waals surface area contributed by atoms with Crippen molar-refractivity contribution in [2.24, 2.45) is 5.92 Å². The van der Waals surface area contributed by atoms with Crippen LogP contribution in [0.3, 0.4) is 0 Å². The Labute approximate surface area is 111 Å². The van der Waals surface area contributed by atoms with E-state index in [1.165, 1.54) is 12.0 Å². The number of hydrogen-bond acceptors (Lipinski definition) is 2. The molecule has 3 nitrogen and oxygen atoms in total. The third-order valence-electron chi connectivity index (χ3n) is 3.43. The molecular weight excluding hydrogens is 226 g/mol. The lowest BCUT2D eigenvalue weighted by Crippen LogP contribution is -2.36. The normalized spacial score (nSPS) is 20.9. The predicted molar refractivity (Wildman–Crippen MR) is 74.2 cm³/mol. The van der Waals surface area contributed by atoms with E-state index < -0.39 is 0 Å². The predicted octanol–water partition coefficient (Wildman–Crippen LogP) is 3.35. The van der Waals surface area contributed by atoms with Crippen molar-refractivity contribution in [3.05, 3.63) is 11.6 Å². The highest BCUT2D eigenvalue weighted by molar-refractivity contribution is 5.76. The monoisotopic (exact) mass is 253 g/mol. The standard InChI is InChI=1S/C15H27NO2/c1-5-14(17)16-9-10-18-15(16)11-13(4)8-6-7-12(2)3/h7,13,15H,5-6,8-11H2,1-4H3/t13-,15-/m1/s1. The van der Waals surface area contributed by atoms with E-state index in [4.69, 9.17) is 4.74 Å². The Bertz CT molecular complexity index is 295. The molecule has 2 atom stereocenters. The molecule has 104 valence electrons. The molecule has 0 aromatic heterocycles. The molecule has 3 heteroatoms. The lowest BCUT2D eigenvalue weighted by Gasteiger charge is -2.25. The molecule has 0 aliphatic carbocycles. The van der Waals surface area contributed by atoms with Gasteiger partial charge in [-0.1, -0.05) is 25.5 Å². The van der Waals surface area contributed by atoms with E-state index in [9.17, 15) is 4.79 Å². The zero-order chi connectivity index (χ0) is 13.5. The maximum atomic E-state index is 11.7. The van der Waals surface area contributed by atoms with Gasteiger partial charge in [-0.3, -0.25) is 4.79 Å². The maximum absolute atomic E-state index is 11.7. The largest absolute Gasteiger partial charge is 0.356 e. The van der Waals surface area contributed by atoms with Crippen molar-refractivity contribution in [2.45, 2.75) is 59.6 Å². The van der Waals surface area contributed by atoms with E-state index in [0.29, 0.717) is 18.9 Å². The van der Waals surface area contributed by atoms with Crippen LogP contribution in [0.1, 0.15) is 53.4 Å². The van der Waals surface area contributed by atoms with Gasteiger partial charge < -0.3 is 9.64 Å². The third-order valence-corrected chi connectivity index (χ3v) is 3.43. The number of carbonyl (C=O) groups excluding carboxylic acids is 1. The lowest BCUT2D eigenvalue weighted by molar-refractivity contribution is -0.136. The van der Waals surface area contributed by atoms with Gasteiger partial charge in [-0.25, -0.2) is 0 Å². The molecule has 18 heavy (non-hydrogen) atoms. The van der Waals surface area contributed by atoms with E-state index in [2.05, 4.69) is 26.8 Å². The fourth-order valence-electron chi connectivity index (χ4n) is 2.32. The van der Waals surface area contributed by atoms with E-state index in [0.717, 1.165) is 19.4 Å². The summed E-state index contributed by atoms with van der Waals surface area (Å²) in [5, 5.41) is 0. The van der Waals surface area contributed by atoms with E-state index >= 15 is 0 Å². The molecule has 0 N–H and O–H groups in total. The average molecular weight is 253 g/mol. The van der Waals surface area contributed by atoms with Gasteiger partial charge in [0, 0.05) is 13.0 Å². The molecule has 0 unspecified atom stereocenters. The van der Waals surface area contributed by atoms with Crippen LogP contribution in [0.2, 0.25) is 0 Å². The van der Waals surface area contributed by atoms with Gasteiger partial charge in [0.1, 0.15) is 6.23 Å². The molecule has 1 aliphatic heterocycles. The molecule has 0 aromatic carbocycles. The number of rotatable bonds is 6. The number of hydrogen-bond donors (Lipinski definition) is 0. The summed E-state index contributed by atoms with van der Waals surface area (Å²) in [4.78, 5) is 13.6. The van der Waals surface area contributed by atoms with Crippen molar-refractivity contribution in [1.29, 1.82) is 0 Å². The molecule has 1 rings (SSSR count). The Morgan fingerprint density at radius 3 is 2.83 bits per heavy atom. The highest BCUT2D eigenvalue weighted by Crippen LogP contribution is 2.22. The van der Waals surface area contributed by atoms with E-state index in [1.54, 1.807) is 0 Å². The van der Waals surface area contributed by atoms with Crippen LogP contribution in [0, 0.1) is 5.92 Å². The van der Waals surface area contributed by atoms with Gasteiger partial charge in [-0.2, -0.15) is 0 Å². The van der Waals surface area contributed by atoms with Crippen LogP contribution in [0.25, 0.3) is 0 Å². The highest BCUT2D eigenvalue weighted by Gasteiger charge is 2.29. The number of ether oxygens (including phenoxy) is 1. The summed E-state index contributed by atoms with van der Waals surface area (Å²) in [7, 11) is 0.